The molecule has 0 aromatic heterocycles. The van der Waals surface area contributed by atoms with Gasteiger partial charge in [0.1, 0.15) is 0 Å². The molecule has 6 heteroatoms. The van der Waals surface area contributed by atoms with E-state index in [9.17, 15) is 4.79 Å². The molecular formula is C3H7Cl3O2Si. The Kier molecular flexibility index (Phi) is 11.7. The monoisotopic (exact) mass is 208 g/mol. The molecule has 0 saturated carbocycles. The van der Waals surface area contributed by atoms with E-state index in [2.05, 4.69) is 0 Å². The summed E-state index contributed by atoms with van der Waals surface area (Å²) in [7, 11) is 0. The third-order valence-electron chi connectivity index (χ3n) is 0.302. The highest BCUT2D eigenvalue weighted by molar-refractivity contribution is 7.54. The van der Waals surface area contributed by atoms with Gasteiger partial charge < -0.3 is 5.11 Å². The number of carboxylic acid groups (broad SMARTS) is 1. The molecular weight excluding hydrogens is 202 g/mol. The largest absolute Gasteiger partial charge is 0.481 e. The second-order valence-electron chi connectivity index (χ2n) is 0.995. The summed E-state index contributed by atoms with van der Waals surface area (Å²) in [5, 5.41) is 7.72. The van der Waals surface area contributed by atoms with Gasteiger partial charge in [-0.15, -0.1) is 33.2 Å². The first-order valence-electron chi connectivity index (χ1n) is 2.14. The van der Waals surface area contributed by atoms with Crippen molar-refractivity contribution in [1.82, 2.24) is 0 Å². The number of rotatable bonds is 1. The zero-order valence-corrected chi connectivity index (χ0v) is 8.20. The zero-order chi connectivity index (χ0) is 7.86. The van der Waals surface area contributed by atoms with Crippen LogP contribution in [0.25, 0.3) is 0 Å². The summed E-state index contributed by atoms with van der Waals surface area (Å²) >= 11 is 14.8. The molecule has 0 saturated heterocycles. The fourth-order valence-corrected chi connectivity index (χ4v) is 0. The number of carboxylic acids is 1. The van der Waals surface area contributed by atoms with Gasteiger partial charge in [-0.25, -0.2) is 0 Å². The smallest absolute Gasteiger partial charge is 0.326 e. The fourth-order valence-electron chi connectivity index (χ4n) is 0. The average Bonchev–Trinajstić information content (AvgIpc) is 1.65. The third-order valence-corrected chi connectivity index (χ3v) is 0.302. The molecule has 1 N–H and O–H groups in total. The molecule has 0 unspecified atom stereocenters. The maximum absolute atomic E-state index is 9.37. The molecule has 9 heavy (non-hydrogen) atoms. The molecule has 0 bridgehead atoms. The second kappa shape index (κ2) is 8.56. The molecule has 0 radical (unpaired) electrons. The minimum absolute atomic E-state index is 0.222. The predicted molar refractivity (Wildman–Crippen MR) is 42.6 cm³/mol. The molecule has 56 valence electrons. The van der Waals surface area contributed by atoms with E-state index in [1.54, 1.807) is 6.92 Å². The second-order valence-corrected chi connectivity index (χ2v) is 7.43. The van der Waals surface area contributed by atoms with Crippen LogP contribution in [0.5, 0.6) is 0 Å². The Labute approximate surface area is 69.4 Å². The van der Waals surface area contributed by atoms with Crippen LogP contribution in [0.15, 0.2) is 0 Å². The van der Waals surface area contributed by atoms with E-state index in [1.807, 2.05) is 0 Å². The van der Waals surface area contributed by atoms with E-state index in [0.717, 1.165) is 0 Å². The lowest BCUT2D eigenvalue weighted by Crippen LogP contribution is -1.86. The minimum Gasteiger partial charge on any atom is -0.481 e. The SMILES string of the molecule is CCC(=O)O.Cl[SiH](Cl)Cl. The van der Waals surface area contributed by atoms with E-state index >= 15 is 0 Å². The summed E-state index contributed by atoms with van der Waals surface area (Å²) < 4.78 is 0. The van der Waals surface area contributed by atoms with Gasteiger partial charge >= 0.3 is 12.7 Å². The van der Waals surface area contributed by atoms with Gasteiger partial charge in [0.05, 0.1) is 0 Å². The normalized spacial score (nSPS) is 8.11. The van der Waals surface area contributed by atoms with Crippen molar-refractivity contribution >= 4 is 45.9 Å². The topological polar surface area (TPSA) is 37.3 Å². The first kappa shape index (κ1) is 12.3. The highest BCUT2D eigenvalue weighted by atomic mass is 35.8. The van der Waals surface area contributed by atoms with Crippen LogP contribution in [0, 0.1) is 0 Å². The Morgan fingerprint density at radius 3 is 1.67 bits per heavy atom. The Bertz CT molecular complexity index is 74.7. The van der Waals surface area contributed by atoms with Crippen molar-refractivity contribution < 1.29 is 9.90 Å². The van der Waals surface area contributed by atoms with Crippen LogP contribution in [0.2, 0.25) is 0 Å². The summed E-state index contributed by atoms with van der Waals surface area (Å²) in [5.41, 5.74) is 0. The number of hydrogen-bond donors (Lipinski definition) is 1. The first-order valence-corrected chi connectivity index (χ1v) is 7.38. The van der Waals surface area contributed by atoms with E-state index in [1.165, 1.54) is 0 Å². The molecule has 0 fully saturated rings. The molecule has 0 amide bonds. The van der Waals surface area contributed by atoms with E-state index in [-0.39, 0.29) is 6.42 Å². The zero-order valence-electron chi connectivity index (χ0n) is 4.77. The van der Waals surface area contributed by atoms with Gasteiger partial charge in [-0.05, 0) is 0 Å². The quantitative estimate of drug-likeness (QED) is 0.529. The lowest BCUT2D eigenvalue weighted by molar-refractivity contribution is -0.136. The number of aliphatic carboxylic acids is 1. The lowest BCUT2D eigenvalue weighted by Gasteiger charge is -1.71. The van der Waals surface area contributed by atoms with E-state index < -0.39 is 12.7 Å². The van der Waals surface area contributed by atoms with Crippen LogP contribution < -0.4 is 0 Å². The summed E-state index contributed by atoms with van der Waals surface area (Å²) in [6.45, 7) is -0.123. The fraction of sp³-hybridized carbons (Fsp3) is 0.667. The predicted octanol–water partition coefficient (Wildman–Crippen LogP) is 1.90. The van der Waals surface area contributed by atoms with Gasteiger partial charge in [0.2, 0.25) is 0 Å². The molecule has 0 aliphatic carbocycles. The minimum atomic E-state index is -1.72. The molecule has 0 aliphatic rings. The standard InChI is InChI=1S/C3H6O2.Cl3HSi/c1-2-3(4)5;1-4(2)3/h2H2,1H3,(H,4,5);4H. The Balaban J connectivity index is 0. The molecule has 0 aromatic rings. The van der Waals surface area contributed by atoms with Gasteiger partial charge in [-0.1, -0.05) is 6.92 Å². The maximum Gasteiger partial charge on any atom is 0.326 e. The summed E-state index contributed by atoms with van der Waals surface area (Å²) in [6, 6.07) is 0. The number of hydrogen-bond acceptors (Lipinski definition) is 1. The van der Waals surface area contributed by atoms with Gasteiger partial charge in [-0.3, -0.25) is 4.79 Å². The van der Waals surface area contributed by atoms with Crippen molar-refractivity contribution in [1.29, 1.82) is 0 Å². The van der Waals surface area contributed by atoms with Crippen LogP contribution in [-0.2, 0) is 4.79 Å². The van der Waals surface area contributed by atoms with Crippen LogP contribution in [0.4, 0.5) is 0 Å². The van der Waals surface area contributed by atoms with Crippen molar-refractivity contribution in [2.75, 3.05) is 0 Å². The first-order chi connectivity index (χ1) is 4.00. The highest BCUT2D eigenvalue weighted by Gasteiger charge is 1.85. The molecule has 0 spiro atoms. The van der Waals surface area contributed by atoms with Crippen LogP contribution >= 0.6 is 33.2 Å². The van der Waals surface area contributed by atoms with Crippen molar-refractivity contribution in [3.05, 3.63) is 0 Å². The van der Waals surface area contributed by atoms with E-state index in [0.29, 0.717) is 0 Å². The average molecular weight is 210 g/mol. The Hall–Kier alpha value is 0.557. The highest BCUT2D eigenvalue weighted by Crippen LogP contribution is 1.97. The third kappa shape index (κ3) is 56.3. The number of carbonyl (C=O) groups is 1. The molecule has 0 heterocycles. The molecule has 0 aliphatic heterocycles. The van der Waals surface area contributed by atoms with Crippen molar-refractivity contribution in [2.24, 2.45) is 0 Å². The Morgan fingerprint density at radius 1 is 1.56 bits per heavy atom. The lowest BCUT2D eigenvalue weighted by atomic mass is 10.5. The summed E-state index contributed by atoms with van der Waals surface area (Å²) in [4.78, 5) is 9.37. The molecule has 2 nitrogen and oxygen atoms in total. The van der Waals surface area contributed by atoms with Gasteiger partial charge in [-0.2, -0.15) is 0 Å². The summed E-state index contributed by atoms with van der Waals surface area (Å²) in [6.07, 6.45) is 0.222. The molecule has 0 atom stereocenters. The van der Waals surface area contributed by atoms with Crippen LogP contribution in [0.1, 0.15) is 13.3 Å². The van der Waals surface area contributed by atoms with Crippen molar-refractivity contribution in [2.45, 2.75) is 13.3 Å². The molecule has 0 rings (SSSR count). The van der Waals surface area contributed by atoms with Gasteiger partial charge in [0.25, 0.3) is 0 Å². The summed E-state index contributed by atoms with van der Waals surface area (Å²) in [5.74, 6) is -0.745. The van der Waals surface area contributed by atoms with Crippen molar-refractivity contribution in [3.63, 3.8) is 0 Å². The van der Waals surface area contributed by atoms with Gasteiger partial charge in [0.15, 0.2) is 0 Å². The van der Waals surface area contributed by atoms with Crippen molar-refractivity contribution in [3.8, 4) is 0 Å². The number of halogens is 3. The van der Waals surface area contributed by atoms with Crippen LogP contribution in [-0.4, -0.2) is 17.8 Å². The van der Waals surface area contributed by atoms with Gasteiger partial charge in [0, 0.05) is 6.42 Å². The maximum atomic E-state index is 9.37. The van der Waals surface area contributed by atoms with E-state index in [4.69, 9.17) is 38.3 Å². The molecule has 0 aromatic carbocycles. The van der Waals surface area contributed by atoms with Crippen LogP contribution in [0.3, 0.4) is 0 Å². The Morgan fingerprint density at radius 2 is 1.67 bits per heavy atom.